The van der Waals surface area contributed by atoms with Crippen LogP contribution < -0.4 is 5.11 Å². The third-order valence-electron chi connectivity index (χ3n) is 0.167. The Morgan fingerprint density at radius 2 is 1.62 bits per heavy atom. The molecule has 0 aromatic rings. The minimum absolute atomic E-state index is 0. The van der Waals surface area contributed by atoms with E-state index in [1.807, 2.05) is 0 Å². The van der Waals surface area contributed by atoms with Crippen LogP contribution in [0.1, 0.15) is 0 Å². The summed E-state index contributed by atoms with van der Waals surface area (Å²) in [5, 5.41) is 9.14. The Balaban J connectivity index is -0.0000000267. The van der Waals surface area contributed by atoms with Crippen LogP contribution in [0.2, 0.25) is 0 Å². The van der Waals surface area contributed by atoms with Crippen molar-refractivity contribution in [2.24, 2.45) is 0 Å². The number of carboxylic acids is 1. The number of carboxylic acid groups (broad SMARTS) is 1. The summed E-state index contributed by atoms with van der Waals surface area (Å²) in [7, 11) is 0. The predicted molar refractivity (Wildman–Crippen MR) is 15.9 cm³/mol. The van der Waals surface area contributed by atoms with Gasteiger partial charge in [0.1, 0.15) is 0 Å². The van der Waals surface area contributed by atoms with E-state index in [0.717, 1.165) is 6.08 Å². The summed E-state index contributed by atoms with van der Waals surface area (Å²) in [6.45, 7) is 2.90. The first-order valence-corrected chi connectivity index (χ1v) is 1.11. The van der Waals surface area contributed by atoms with Gasteiger partial charge in [0, 0.05) is 0 Å². The van der Waals surface area contributed by atoms with Gasteiger partial charge in [-0.3, -0.25) is 0 Å². The van der Waals surface area contributed by atoms with Gasteiger partial charge in [0.25, 0.3) is 0 Å². The number of rotatable bonds is 1. The van der Waals surface area contributed by atoms with Crippen LogP contribution in [0.4, 0.5) is 0 Å². The second-order valence-electron chi connectivity index (χ2n) is 0.523. The SMILES string of the molecule is C=CC(=O)[O-].[O-2].[Zn+2].[Zn+2]. The smallest absolute Gasteiger partial charge is 2.00 e. The Kier molecular flexibility index (Phi) is 46.4. The number of carbonyl (C=O) groups excluding carboxylic acids is 1. The number of hydrogen-bond acceptors (Lipinski definition) is 2. The third-order valence-corrected chi connectivity index (χ3v) is 0.167. The van der Waals surface area contributed by atoms with Gasteiger partial charge in [-0.1, -0.05) is 6.58 Å². The van der Waals surface area contributed by atoms with Crippen LogP contribution in [0, 0.1) is 0 Å². The summed E-state index contributed by atoms with van der Waals surface area (Å²) in [5.74, 6) is -1.23. The Morgan fingerprint density at radius 1 is 1.50 bits per heavy atom. The molecule has 0 bridgehead atoms. The average Bonchev–Trinajstić information content (AvgIpc) is 1.38. The number of carbonyl (C=O) groups is 1. The normalized spacial score (nSPS) is 4.00. The molecule has 0 amide bonds. The summed E-state index contributed by atoms with van der Waals surface area (Å²) in [4.78, 5) is 9.14. The van der Waals surface area contributed by atoms with Gasteiger partial charge >= 0.3 is 39.0 Å². The zero-order valence-corrected chi connectivity index (χ0v) is 10.4. The number of hydrogen-bond donors (Lipinski definition) is 0. The van der Waals surface area contributed by atoms with E-state index in [0.29, 0.717) is 0 Å². The van der Waals surface area contributed by atoms with E-state index in [2.05, 4.69) is 6.58 Å². The molecule has 8 heavy (non-hydrogen) atoms. The van der Waals surface area contributed by atoms with E-state index < -0.39 is 5.97 Å². The molecular formula is C3H3O3Zn2+. The first-order chi connectivity index (χ1) is 2.27. The second kappa shape index (κ2) is 15.7. The molecular weight excluding hydrogens is 215 g/mol. The molecule has 0 rings (SSSR count). The molecule has 0 aliphatic carbocycles. The predicted octanol–water partition coefficient (Wildman–Crippen LogP) is -1.20. The fourth-order valence-corrected chi connectivity index (χ4v) is 0. The molecule has 0 N–H and O–H groups in total. The fourth-order valence-electron chi connectivity index (χ4n) is 0. The van der Waals surface area contributed by atoms with E-state index in [1.54, 1.807) is 0 Å². The zero-order valence-electron chi connectivity index (χ0n) is 4.42. The first kappa shape index (κ1) is 23.7. The molecule has 0 heterocycles. The standard InChI is InChI=1S/C3H4O2.O.2Zn/c1-2-3(4)5;;;/h2H,1H2,(H,4,5);;;/q;-2;2*+2/p-1. The average molecular weight is 218 g/mol. The van der Waals surface area contributed by atoms with Gasteiger partial charge in [-0.15, -0.1) is 0 Å². The van der Waals surface area contributed by atoms with E-state index in [9.17, 15) is 0 Å². The van der Waals surface area contributed by atoms with Gasteiger partial charge < -0.3 is 15.4 Å². The largest absolute Gasteiger partial charge is 2.00 e. The van der Waals surface area contributed by atoms with Gasteiger partial charge in [0.05, 0.1) is 5.97 Å². The van der Waals surface area contributed by atoms with E-state index in [4.69, 9.17) is 9.90 Å². The molecule has 0 radical (unpaired) electrons. The van der Waals surface area contributed by atoms with Crippen LogP contribution in [0.15, 0.2) is 12.7 Å². The summed E-state index contributed by atoms with van der Waals surface area (Å²) >= 11 is 0. The molecule has 0 aromatic heterocycles. The van der Waals surface area contributed by atoms with Crippen molar-refractivity contribution in [3.8, 4) is 0 Å². The van der Waals surface area contributed by atoms with Gasteiger partial charge in [-0.05, 0) is 6.08 Å². The summed E-state index contributed by atoms with van der Waals surface area (Å²) < 4.78 is 0. The van der Waals surface area contributed by atoms with E-state index >= 15 is 0 Å². The molecule has 5 heteroatoms. The van der Waals surface area contributed by atoms with Crippen molar-refractivity contribution in [1.82, 2.24) is 0 Å². The summed E-state index contributed by atoms with van der Waals surface area (Å²) in [5.41, 5.74) is 0. The van der Waals surface area contributed by atoms with Gasteiger partial charge in [0.15, 0.2) is 0 Å². The van der Waals surface area contributed by atoms with Crippen molar-refractivity contribution < 1.29 is 54.3 Å². The van der Waals surface area contributed by atoms with Crippen LogP contribution in [-0.2, 0) is 49.2 Å². The van der Waals surface area contributed by atoms with E-state index in [-0.39, 0.29) is 44.4 Å². The van der Waals surface area contributed by atoms with Crippen molar-refractivity contribution >= 4 is 5.97 Å². The fraction of sp³-hybridized carbons (Fsp3) is 0. The molecule has 0 fully saturated rings. The topological polar surface area (TPSA) is 68.6 Å². The van der Waals surface area contributed by atoms with E-state index in [1.165, 1.54) is 0 Å². The van der Waals surface area contributed by atoms with Crippen LogP contribution in [0.5, 0.6) is 0 Å². The quantitative estimate of drug-likeness (QED) is 0.409. The van der Waals surface area contributed by atoms with Gasteiger partial charge in [0.2, 0.25) is 0 Å². The Hall–Kier alpha value is 0.417. The third kappa shape index (κ3) is 32.2. The maximum absolute atomic E-state index is 9.14. The molecule has 0 saturated carbocycles. The van der Waals surface area contributed by atoms with Crippen LogP contribution in [-0.4, -0.2) is 5.97 Å². The van der Waals surface area contributed by atoms with Crippen molar-refractivity contribution in [3.05, 3.63) is 12.7 Å². The van der Waals surface area contributed by atoms with Crippen molar-refractivity contribution in [2.45, 2.75) is 0 Å². The van der Waals surface area contributed by atoms with Crippen LogP contribution >= 0.6 is 0 Å². The molecule has 36 valence electrons. The summed E-state index contributed by atoms with van der Waals surface area (Å²) in [6, 6.07) is 0. The Morgan fingerprint density at radius 3 is 1.62 bits per heavy atom. The molecule has 0 aliphatic rings. The molecule has 0 spiro atoms. The minimum atomic E-state index is -1.23. The van der Waals surface area contributed by atoms with Crippen LogP contribution in [0.3, 0.4) is 0 Å². The second-order valence-corrected chi connectivity index (χ2v) is 0.523. The Bertz CT molecular complexity index is 63.5. The number of aliphatic carboxylic acids is 1. The van der Waals surface area contributed by atoms with Crippen molar-refractivity contribution in [1.29, 1.82) is 0 Å². The minimum Gasteiger partial charge on any atom is -2.00 e. The molecule has 0 saturated heterocycles. The molecule has 0 unspecified atom stereocenters. The molecule has 0 atom stereocenters. The van der Waals surface area contributed by atoms with Crippen LogP contribution in [0.25, 0.3) is 0 Å². The van der Waals surface area contributed by atoms with Crippen molar-refractivity contribution in [2.75, 3.05) is 0 Å². The zero-order chi connectivity index (χ0) is 4.28. The molecule has 0 aromatic carbocycles. The van der Waals surface area contributed by atoms with Gasteiger partial charge in [-0.25, -0.2) is 0 Å². The summed E-state index contributed by atoms with van der Waals surface area (Å²) in [6.07, 6.45) is 0.722. The molecule has 3 nitrogen and oxygen atoms in total. The van der Waals surface area contributed by atoms with Gasteiger partial charge in [-0.2, -0.15) is 0 Å². The first-order valence-electron chi connectivity index (χ1n) is 1.11. The molecule has 0 aliphatic heterocycles. The maximum atomic E-state index is 9.14. The Labute approximate surface area is 73.0 Å². The maximum Gasteiger partial charge on any atom is 2.00 e. The van der Waals surface area contributed by atoms with Crippen molar-refractivity contribution in [3.63, 3.8) is 0 Å². The monoisotopic (exact) mass is 215 g/mol.